The minimum absolute atomic E-state index is 0.109. The van der Waals surface area contributed by atoms with Crippen LogP contribution in [0.3, 0.4) is 0 Å². The van der Waals surface area contributed by atoms with Crippen molar-refractivity contribution in [2.45, 2.75) is 5.92 Å². The second kappa shape index (κ2) is 8.13. The molecule has 0 bridgehead atoms. The Balaban J connectivity index is 2.08. The second-order valence-corrected chi connectivity index (χ2v) is 5.74. The van der Waals surface area contributed by atoms with Crippen molar-refractivity contribution in [3.8, 4) is 29.1 Å². The van der Waals surface area contributed by atoms with Gasteiger partial charge in [0, 0.05) is 11.1 Å². The van der Waals surface area contributed by atoms with E-state index < -0.39 is 0 Å². The maximum Gasteiger partial charge on any atom is 0.162 e. The molecule has 3 heteroatoms. The van der Waals surface area contributed by atoms with Gasteiger partial charge in [-0.05, 0) is 35.9 Å². The molecular weight excluding hydrogens is 324 g/mol. The van der Waals surface area contributed by atoms with Crippen molar-refractivity contribution < 1.29 is 14.6 Å². The van der Waals surface area contributed by atoms with Crippen molar-refractivity contribution in [1.29, 1.82) is 0 Å². The lowest BCUT2D eigenvalue weighted by atomic mass is 9.90. The predicted molar refractivity (Wildman–Crippen MR) is 103 cm³/mol. The van der Waals surface area contributed by atoms with Gasteiger partial charge in [-0.15, -0.1) is 0 Å². The standard InChI is InChI=1S/C23H20O3/c1-25-19-14-12-18(13-15-19)20(16-11-17-7-4-3-5-8-17)21-9-6-10-22(26-2)23(21)24/h3-10,12-15,20,24H,1-2H3/t20-/m1/s1. The van der Waals surface area contributed by atoms with E-state index in [1.165, 1.54) is 7.11 Å². The van der Waals surface area contributed by atoms with Gasteiger partial charge in [0.25, 0.3) is 0 Å². The first-order valence-corrected chi connectivity index (χ1v) is 8.29. The third kappa shape index (κ3) is 3.81. The molecule has 1 N–H and O–H groups in total. The van der Waals surface area contributed by atoms with Crippen LogP contribution in [-0.2, 0) is 0 Å². The van der Waals surface area contributed by atoms with E-state index in [0.717, 1.165) is 16.9 Å². The Kier molecular flexibility index (Phi) is 5.46. The van der Waals surface area contributed by atoms with Crippen LogP contribution in [0.1, 0.15) is 22.6 Å². The van der Waals surface area contributed by atoms with Crippen LogP contribution in [0, 0.1) is 11.8 Å². The Bertz CT molecular complexity index is 919. The first kappa shape index (κ1) is 17.4. The number of phenols is 1. The normalized spacial score (nSPS) is 11.2. The Labute approximate surface area is 153 Å². The zero-order valence-electron chi connectivity index (χ0n) is 14.8. The monoisotopic (exact) mass is 344 g/mol. The summed E-state index contributed by atoms with van der Waals surface area (Å²) < 4.78 is 10.5. The van der Waals surface area contributed by atoms with Crippen LogP contribution in [0.5, 0.6) is 17.2 Å². The fourth-order valence-corrected chi connectivity index (χ4v) is 2.75. The van der Waals surface area contributed by atoms with Crippen LogP contribution in [-0.4, -0.2) is 19.3 Å². The van der Waals surface area contributed by atoms with Crippen molar-refractivity contribution in [1.82, 2.24) is 0 Å². The molecule has 3 nitrogen and oxygen atoms in total. The second-order valence-electron chi connectivity index (χ2n) is 5.74. The number of rotatable bonds is 4. The molecule has 0 saturated carbocycles. The number of methoxy groups -OCH3 is 2. The zero-order valence-corrected chi connectivity index (χ0v) is 14.8. The Morgan fingerprint density at radius 1 is 0.808 bits per heavy atom. The molecule has 0 aliphatic carbocycles. The van der Waals surface area contributed by atoms with Crippen LogP contribution in [0.15, 0.2) is 72.8 Å². The minimum Gasteiger partial charge on any atom is -0.504 e. The first-order chi connectivity index (χ1) is 12.7. The SMILES string of the molecule is COc1ccc([C@@H](C#Cc2ccccc2)c2cccc(OC)c2O)cc1. The summed E-state index contributed by atoms with van der Waals surface area (Å²) in [6.07, 6.45) is 0. The van der Waals surface area contributed by atoms with E-state index in [4.69, 9.17) is 9.47 Å². The predicted octanol–water partition coefficient (Wildman–Crippen LogP) is 4.59. The summed E-state index contributed by atoms with van der Waals surface area (Å²) in [5.41, 5.74) is 2.60. The highest BCUT2D eigenvalue weighted by Gasteiger charge is 2.18. The van der Waals surface area contributed by atoms with Crippen molar-refractivity contribution >= 4 is 0 Å². The molecule has 0 aromatic heterocycles. The largest absolute Gasteiger partial charge is 0.504 e. The van der Waals surface area contributed by atoms with Crippen molar-refractivity contribution in [3.63, 3.8) is 0 Å². The molecule has 0 radical (unpaired) electrons. The maximum atomic E-state index is 10.6. The molecule has 1 atom stereocenters. The van der Waals surface area contributed by atoms with Gasteiger partial charge in [-0.25, -0.2) is 0 Å². The van der Waals surface area contributed by atoms with Gasteiger partial charge < -0.3 is 14.6 Å². The van der Waals surface area contributed by atoms with Crippen LogP contribution in [0.4, 0.5) is 0 Å². The van der Waals surface area contributed by atoms with Gasteiger partial charge in [0.15, 0.2) is 11.5 Å². The molecule has 0 unspecified atom stereocenters. The highest BCUT2D eigenvalue weighted by Crippen LogP contribution is 2.37. The summed E-state index contributed by atoms with van der Waals surface area (Å²) in [4.78, 5) is 0. The lowest BCUT2D eigenvalue weighted by Crippen LogP contribution is -2.00. The Hall–Kier alpha value is -3.38. The summed E-state index contributed by atoms with van der Waals surface area (Å²) in [6, 6.07) is 22.9. The van der Waals surface area contributed by atoms with Gasteiger partial charge in [0.2, 0.25) is 0 Å². The zero-order chi connectivity index (χ0) is 18.4. The summed E-state index contributed by atoms with van der Waals surface area (Å²) in [5, 5.41) is 10.6. The average molecular weight is 344 g/mol. The Morgan fingerprint density at radius 2 is 1.54 bits per heavy atom. The van der Waals surface area contributed by atoms with E-state index in [2.05, 4.69) is 11.8 Å². The molecule has 0 saturated heterocycles. The van der Waals surface area contributed by atoms with Crippen LogP contribution < -0.4 is 9.47 Å². The number of benzene rings is 3. The van der Waals surface area contributed by atoms with Gasteiger partial charge in [0.1, 0.15) is 5.75 Å². The average Bonchev–Trinajstić information content (AvgIpc) is 2.70. The van der Waals surface area contributed by atoms with Gasteiger partial charge in [-0.3, -0.25) is 0 Å². The highest BCUT2D eigenvalue weighted by molar-refractivity contribution is 5.54. The van der Waals surface area contributed by atoms with E-state index >= 15 is 0 Å². The number of para-hydroxylation sites is 1. The molecule has 3 aromatic rings. The molecule has 3 aromatic carbocycles. The molecule has 0 amide bonds. The van der Waals surface area contributed by atoms with Gasteiger partial charge in [0.05, 0.1) is 20.1 Å². The number of ether oxygens (including phenoxy) is 2. The fraction of sp³-hybridized carbons (Fsp3) is 0.130. The molecule has 0 spiro atoms. The molecule has 0 aliphatic heterocycles. The Morgan fingerprint density at radius 3 is 2.19 bits per heavy atom. The van der Waals surface area contributed by atoms with E-state index in [0.29, 0.717) is 11.3 Å². The third-order valence-corrected chi connectivity index (χ3v) is 4.14. The smallest absolute Gasteiger partial charge is 0.162 e. The van der Waals surface area contributed by atoms with Gasteiger partial charge in [-0.1, -0.05) is 54.3 Å². The van der Waals surface area contributed by atoms with E-state index in [9.17, 15) is 5.11 Å². The fourth-order valence-electron chi connectivity index (χ4n) is 2.75. The number of hydrogen-bond acceptors (Lipinski definition) is 3. The summed E-state index contributed by atoms with van der Waals surface area (Å²) in [6.45, 7) is 0. The lowest BCUT2D eigenvalue weighted by molar-refractivity contribution is 0.370. The molecule has 3 rings (SSSR count). The molecule has 0 fully saturated rings. The molecule has 26 heavy (non-hydrogen) atoms. The number of hydrogen-bond donors (Lipinski definition) is 1. The van der Waals surface area contributed by atoms with Crippen LogP contribution >= 0.6 is 0 Å². The van der Waals surface area contributed by atoms with Crippen molar-refractivity contribution in [3.05, 3.63) is 89.5 Å². The molecular formula is C23H20O3. The number of aromatic hydroxyl groups is 1. The lowest BCUT2D eigenvalue weighted by Gasteiger charge is -2.16. The maximum absolute atomic E-state index is 10.6. The number of phenolic OH excluding ortho intramolecular Hbond substituents is 1. The third-order valence-electron chi connectivity index (χ3n) is 4.14. The molecule has 130 valence electrons. The summed E-state index contributed by atoms with van der Waals surface area (Å²) in [5.74, 6) is 7.52. The molecule has 0 heterocycles. The van der Waals surface area contributed by atoms with Crippen LogP contribution in [0.25, 0.3) is 0 Å². The van der Waals surface area contributed by atoms with Gasteiger partial charge in [-0.2, -0.15) is 0 Å². The first-order valence-electron chi connectivity index (χ1n) is 8.29. The van der Waals surface area contributed by atoms with Crippen LogP contribution in [0.2, 0.25) is 0 Å². The highest BCUT2D eigenvalue weighted by atomic mass is 16.5. The van der Waals surface area contributed by atoms with E-state index in [1.54, 1.807) is 13.2 Å². The summed E-state index contributed by atoms with van der Waals surface area (Å²) >= 11 is 0. The summed E-state index contributed by atoms with van der Waals surface area (Å²) in [7, 11) is 3.17. The topological polar surface area (TPSA) is 38.7 Å². The van der Waals surface area contributed by atoms with Gasteiger partial charge >= 0.3 is 0 Å². The van der Waals surface area contributed by atoms with E-state index in [-0.39, 0.29) is 11.7 Å². The minimum atomic E-state index is -0.295. The quantitative estimate of drug-likeness (QED) is 0.704. The molecule has 0 aliphatic rings. The van der Waals surface area contributed by atoms with Crippen molar-refractivity contribution in [2.75, 3.05) is 14.2 Å². The van der Waals surface area contributed by atoms with E-state index in [1.807, 2.05) is 66.7 Å². The van der Waals surface area contributed by atoms with Crippen molar-refractivity contribution in [2.24, 2.45) is 0 Å².